The first-order valence-corrected chi connectivity index (χ1v) is 9.38. The van der Waals surface area contributed by atoms with Crippen molar-refractivity contribution in [1.82, 2.24) is 15.2 Å². The van der Waals surface area contributed by atoms with Crippen LogP contribution in [0.3, 0.4) is 0 Å². The Labute approximate surface area is 133 Å². The Morgan fingerprint density at radius 1 is 1.14 bits per heavy atom. The molecule has 1 aliphatic heterocycles. The van der Waals surface area contributed by atoms with Gasteiger partial charge in [0.2, 0.25) is 0 Å². The smallest absolute Gasteiger partial charge is 0.113 e. The normalized spacial score (nSPS) is 27.6. The molecule has 0 amide bonds. The van der Waals surface area contributed by atoms with E-state index in [0.29, 0.717) is 6.04 Å². The fraction of sp³-hybridized carbons (Fsp3) is 0.824. The van der Waals surface area contributed by atoms with Gasteiger partial charge in [0, 0.05) is 17.5 Å². The number of hydrogen-bond donors (Lipinski definition) is 1. The lowest BCUT2D eigenvalue weighted by atomic mass is 9.91. The fourth-order valence-corrected chi connectivity index (χ4v) is 5.20. The quantitative estimate of drug-likeness (QED) is 0.928. The number of fused-ring (bicyclic) bond motifs is 1. The van der Waals surface area contributed by atoms with Gasteiger partial charge >= 0.3 is 0 Å². The summed E-state index contributed by atoms with van der Waals surface area (Å²) in [4.78, 5) is 9.25. The highest BCUT2D eigenvalue weighted by Gasteiger charge is 2.37. The van der Waals surface area contributed by atoms with Gasteiger partial charge in [-0.2, -0.15) is 0 Å². The highest BCUT2D eigenvalue weighted by molar-refractivity contribution is 7.11. The van der Waals surface area contributed by atoms with Gasteiger partial charge in [-0.05, 0) is 72.4 Å². The number of hydrogen-bond acceptors (Lipinski definition) is 4. The molecule has 0 spiro atoms. The first-order valence-electron chi connectivity index (χ1n) is 8.57. The van der Waals surface area contributed by atoms with Crippen LogP contribution in [0.25, 0.3) is 0 Å². The molecule has 0 radical (unpaired) electrons. The molecular formula is C17H29N3S. The van der Waals surface area contributed by atoms with E-state index in [1.165, 1.54) is 68.7 Å². The predicted octanol–water partition coefficient (Wildman–Crippen LogP) is 3.33. The van der Waals surface area contributed by atoms with Gasteiger partial charge in [-0.1, -0.05) is 0 Å². The van der Waals surface area contributed by atoms with Gasteiger partial charge in [0.25, 0.3) is 0 Å². The van der Waals surface area contributed by atoms with Crippen LogP contribution in [0.4, 0.5) is 0 Å². The summed E-state index contributed by atoms with van der Waals surface area (Å²) in [5, 5.41) is 5.03. The first-order chi connectivity index (χ1) is 10.1. The van der Waals surface area contributed by atoms with Crippen LogP contribution in [0.2, 0.25) is 0 Å². The minimum atomic E-state index is 0.117. The molecule has 118 valence electrons. The molecule has 1 fully saturated rings. The van der Waals surface area contributed by atoms with Crippen molar-refractivity contribution in [3.05, 3.63) is 15.6 Å². The molecule has 0 bridgehead atoms. The third-order valence-corrected chi connectivity index (χ3v) is 6.70. The van der Waals surface area contributed by atoms with Gasteiger partial charge in [-0.3, -0.25) is 0 Å². The van der Waals surface area contributed by atoms with Crippen molar-refractivity contribution in [3.63, 3.8) is 0 Å². The number of nitrogens with one attached hydrogen (secondary N) is 1. The van der Waals surface area contributed by atoms with Gasteiger partial charge in [0.05, 0.1) is 11.2 Å². The van der Waals surface area contributed by atoms with Crippen molar-refractivity contribution in [3.8, 4) is 0 Å². The molecule has 1 aromatic rings. The van der Waals surface area contributed by atoms with Crippen molar-refractivity contribution in [1.29, 1.82) is 0 Å². The second kappa shape index (κ2) is 6.35. The summed E-state index contributed by atoms with van der Waals surface area (Å²) in [5.74, 6) is 0. The van der Waals surface area contributed by atoms with E-state index in [9.17, 15) is 0 Å². The van der Waals surface area contributed by atoms with Crippen LogP contribution in [-0.4, -0.2) is 36.1 Å². The summed E-state index contributed by atoms with van der Waals surface area (Å²) in [6, 6.07) is 0.655. The Morgan fingerprint density at radius 3 is 2.67 bits per heavy atom. The Morgan fingerprint density at radius 2 is 1.95 bits per heavy atom. The minimum absolute atomic E-state index is 0.117. The van der Waals surface area contributed by atoms with E-state index in [1.54, 1.807) is 4.88 Å². The van der Waals surface area contributed by atoms with Gasteiger partial charge < -0.3 is 10.2 Å². The van der Waals surface area contributed by atoms with E-state index in [2.05, 4.69) is 31.1 Å². The van der Waals surface area contributed by atoms with Crippen molar-refractivity contribution in [2.24, 2.45) is 0 Å². The number of thiazole rings is 1. The molecule has 4 heteroatoms. The second-order valence-corrected chi connectivity index (χ2v) is 7.99. The van der Waals surface area contributed by atoms with Crippen molar-refractivity contribution in [2.75, 3.05) is 20.1 Å². The third-order valence-electron chi connectivity index (χ3n) is 5.34. The molecule has 1 aliphatic carbocycles. The minimum Gasteiger partial charge on any atom is -0.308 e. The molecular weight excluding hydrogens is 278 g/mol. The lowest BCUT2D eigenvalue weighted by molar-refractivity contribution is 0.220. The summed E-state index contributed by atoms with van der Waals surface area (Å²) < 4.78 is 0. The van der Waals surface area contributed by atoms with E-state index in [1.807, 2.05) is 11.3 Å². The molecule has 0 aromatic carbocycles. The van der Waals surface area contributed by atoms with Crippen LogP contribution in [0.15, 0.2) is 0 Å². The zero-order chi connectivity index (χ0) is 14.9. The Bertz CT molecular complexity index is 459. The molecule has 1 saturated heterocycles. The summed E-state index contributed by atoms with van der Waals surface area (Å²) >= 11 is 1.99. The SMILES string of the molecule is CNC1(c2nc3c(s2)CCCC3)CCCN(C(C)C)CC1. The lowest BCUT2D eigenvalue weighted by Crippen LogP contribution is -2.41. The van der Waals surface area contributed by atoms with Gasteiger partial charge in [-0.25, -0.2) is 4.98 Å². The Kier molecular flexibility index (Phi) is 4.67. The topological polar surface area (TPSA) is 28.2 Å². The monoisotopic (exact) mass is 307 g/mol. The van der Waals surface area contributed by atoms with Crippen LogP contribution in [0.1, 0.15) is 61.5 Å². The molecule has 3 rings (SSSR count). The van der Waals surface area contributed by atoms with Gasteiger partial charge in [0.1, 0.15) is 5.01 Å². The van der Waals surface area contributed by atoms with Crippen LogP contribution in [0.5, 0.6) is 0 Å². The summed E-state index contributed by atoms with van der Waals surface area (Å²) in [6.45, 7) is 7.04. The van der Waals surface area contributed by atoms with Gasteiger partial charge in [0.15, 0.2) is 0 Å². The highest BCUT2D eigenvalue weighted by Crippen LogP contribution is 2.38. The zero-order valence-electron chi connectivity index (χ0n) is 13.7. The van der Waals surface area contributed by atoms with Gasteiger partial charge in [-0.15, -0.1) is 11.3 Å². The van der Waals surface area contributed by atoms with E-state index in [0.717, 1.165) is 0 Å². The average molecular weight is 308 g/mol. The van der Waals surface area contributed by atoms with Crippen molar-refractivity contribution >= 4 is 11.3 Å². The number of aryl methyl sites for hydroxylation is 2. The molecule has 1 unspecified atom stereocenters. The maximum absolute atomic E-state index is 5.07. The molecule has 1 atom stereocenters. The van der Waals surface area contributed by atoms with Crippen LogP contribution in [0, 0.1) is 0 Å². The first kappa shape index (κ1) is 15.4. The number of aromatic nitrogens is 1. The second-order valence-electron chi connectivity index (χ2n) is 6.91. The molecule has 2 aliphatic rings. The predicted molar refractivity (Wildman–Crippen MR) is 90.1 cm³/mol. The Balaban J connectivity index is 1.84. The van der Waals surface area contributed by atoms with E-state index < -0.39 is 0 Å². The molecule has 2 heterocycles. The molecule has 3 nitrogen and oxygen atoms in total. The summed E-state index contributed by atoms with van der Waals surface area (Å²) in [6.07, 6.45) is 8.80. The molecule has 1 aromatic heterocycles. The number of nitrogens with zero attached hydrogens (tertiary/aromatic N) is 2. The molecule has 1 N–H and O–H groups in total. The molecule has 21 heavy (non-hydrogen) atoms. The third kappa shape index (κ3) is 3.03. The summed E-state index contributed by atoms with van der Waals surface area (Å²) in [5.41, 5.74) is 1.52. The standard InChI is InChI=1S/C17H29N3S/c1-13(2)20-11-6-9-17(18-3,10-12-20)16-19-14-7-4-5-8-15(14)21-16/h13,18H,4-12H2,1-3H3. The summed E-state index contributed by atoms with van der Waals surface area (Å²) in [7, 11) is 2.13. The lowest BCUT2D eigenvalue weighted by Gasteiger charge is -2.31. The fourth-order valence-electron chi connectivity index (χ4n) is 3.80. The number of likely N-dealkylation sites (tertiary alicyclic amines) is 1. The van der Waals surface area contributed by atoms with Crippen molar-refractivity contribution in [2.45, 2.75) is 70.4 Å². The highest BCUT2D eigenvalue weighted by atomic mass is 32.1. The van der Waals surface area contributed by atoms with Crippen molar-refractivity contribution < 1.29 is 0 Å². The largest absolute Gasteiger partial charge is 0.308 e. The molecule has 0 saturated carbocycles. The van der Waals surface area contributed by atoms with E-state index in [4.69, 9.17) is 4.98 Å². The Hall–Kier alpha value is -0.450. The maximum atomic E-state index is 5.07. The average Bonchev–Trinajstić information content (AvgIpc) is 2.80. The van der Waals surface area contributed by atoms with E-state index >= 15 is 0 Å². The zero-order valence-corrected chi connectivity index (χ0v) is 14.6. The van der Waals surface area contributed by atoms with Crippen LogP contribution in [-0.2, 0) is 18.4 Å². The maximum Gasteiger partial charge on any atom is 0.113 e. The van der Waals surface area contributed by atoms with Crippen LogP contribution >= 0.6 is 11.3 Å². The van der Waals surface area contributed by atoms with Crippen LogP contribution < -0.4 is 5.32 Å². The number of rotatable bonds is 3. The van der Waals surface area contributed by atoms with E-state index in [-0.39, 0.29) is 5.54 Å².